The van der Waals surface area contributed by atoms with Gasteiger partial charge in [-0.2, -0.15) is 0 Å². The first-order valence-electron chi connectivity index (χ1n) is 4.15. The van der Waals surface area contributed by atoms with Gasteiger partial charge in [-0.3, -0.25) is 4.79 Å². The van der Waals surface area contributed by atoms with Crippen LogP contribution in [-0.4, -0.2) is 19.0 Å². The van der Waals surface area contributed by atoms with Gasteiger partial charge in [-0.15, -0.1) is 0 Å². The third-order valence-electron chi connectivity index (χ3n) is 1.79. The van der Waals surface area contributed by atoms with Gasteiger partial charge in [-0.25, -0.2) is 0 Å². The molecule has 0 rings (SSSR count). The van der Waals surface area contributed by atoms with Crippen LogP contribution in [0.4, 0.5) is 0 Å². The fourth-order valence-corrected chi connectivity index (χ4v) is 0.974. The first kappa shape index (κ1) is 10.4. The summed E-state index contributed by atoms with van der Waals surface area (Å²) in [4.78, 5) is 10.5. The van der Waals surface area contributed by atoms with Crippen molar-refractivity contribution in [1.29, 1.82) is 0 Å². The molecule has 0 aliphatic carbocycles. The number of carbonyl (C=O) groups is 1. The van der Waals surface area contributed by atoms with Crippen LogP contribution in [0.1, 0.15) is 26.7 Å². The van der Waals surface area contributed by atoms with Crippen molar-refractivity contribution in [1.82, 2.24) is 5.32 Å². The number of hydrogen-bond donors (Lipinski definition) is 2. The van der Waals surface area contributed by atoms with E-state index in [9.17, 15) is 4.79 Å². The van der Waals surface area contributed by atoms with Gasteiger partial charge in [0.25, 0.3) is 0 Å². The largest absolute Gasteiger partial charge is 0.356 e. The van der Waals surface area contributed by atoms with Crippen molar-refractivity contribution >= 4 is 5.91 Å². The van der Waals surface area contributed by atoms with Crippen molar-refractivity contribution in [3.05, 3.63) is 0 Å². The van der Waals surface area contributed by atoms with Crippen LogP contribution in [0.25, 0.3) is 0 Å². The Morgan fingerprint density at radius 1 is 1.64 bits per heavy atom. The molecule has 0 aromatic heterocycles. The summed E-state index contributed by atoms with van der Waals surface area (Å²) in [5.74, 6) is 0.587. The van der Waals surface area contributed by atoms with Crippen LogP contribution in [0, 0.1) is 5.92 Å². The van der Waals surface area contributed by atoms with Crippen LogP contribution in [0.15, 0.2) is 0 Å². The summed E-state index contributed by atoms with van der Waals surface area (Å²) in [6, 6.07) is 0. The Morgan fingerprint density at radius 3 is 2.64 bits per heavy atom. The molecule has 0 saturated carbocycles. The predicted molar refractivity (Wildman–Crippen MR) is 46.1 cm³/mol. The number of nitrogens with two attached hydrogens (primary N) is 1. The molecule has 11 heavy (non-hydrogen) atoms. The van der Waals surface area contributed by atoms with Crippen molar-refractivity contribution in [3.8, 4) is 0 Å². The normalized spacial score (nSPS) is 12.6. The van der Waals surface area contributed by atoms with Crippen LogP contribution < -0.4 is 11.1 Å². The van der Waals surface area contributed by atoms with Gasteiger partial charge in [0.2, 0.25) is 5.91 Å². The van der Waals surface area contributed by atoms with E-state index in [1.165, 1.54) is 6.92 Å². The quantitative estimate of drug-likeness (QED) is 0.612. The van der Waals surface area contributed by atoms with Crippen molar-refractivity contribution < 1.29 is 4.79 Å². The van der Waals surface area contributed by atoms with Crippen LogP contribution >= 0.6 is 0 Å². The molecule has 0 heterocycles. The Kier molecular flexibility index (Phi) is 5.84. The smallest absolute Gasteiger partial charge is 0.216 e. The minimum absolute atomic E-state index is 0.0421. The molecule has 0 spiro atoms. The topological polar surface area (TPSA) is 55.1 Å². The van der Waals surface area contributed by atoms with Crippen LogP contribution in [0.3, 0.4) is 0 Å². The lowest BCUT2D eigenvalue weighted by molar-refractivity contribution is -0.119. The lowest BCUT2D eigenvalue weighted by atomic mass is 10.0. The molecule has 1 atom stereocenters. The van der Waals surface area contributed by atoms with Crippen LogP contribution in [-0.2, 0) is 4.79 Å². The summed E-state index contributed by atoms with van der Waals surface area (Å²) < 4.78 is 0. The number of nitrogens with one attached hydrogen (secondary N) is 1. The van der Waals surface area contributed by atoms with Gasteiger partial charge < -0.3 is 11.1 Å². The lowest BCUT2D eigenvalue weighted by Crippen LogP contribution is -2.27. The Hall–Kier alpha value is -0.570. The molecular weight excluding hydrogens is 140 g/mol. The van der Waals surface area contributed by atoms with Crippen molar-refractivity contribution in [3.63, 3.8) is 0 Å². The third kappa shape index (κ3) is 5.85. The molecule has 0 bridgehead atoms. The SMILES string of the molecule is CCC(CCN)CNC(C)=O. The van der Waals surface area contributed by atoms with Crippen molar-refractivity contribution in [2.24, 2.45) is 11.7 Å². The Morgan fingerprint density at radius 2 is 2.27 bits per heavy atom. The summed E-state index contributed by atoms with van der Waals surface area (Å²) in [5.41, 5.74) is 5.40. The molecule has 3 nitrogen and oxygen atoms in total. The molecule has 66 valence electrons. The summed E-state index contributed by atoms with van der Waals surface area (Å²) in [6.45, 7) is 5.12. The van der Waals surface area contributed by atoms with E-state index in [1.807, 2.05) is 0 Å². The lowest BCUT2D eigenvalue weighted by Gasteiger charge is -2.13. The number of carbonyl (C=O) groups excluding carboxylic acids is 1. The molecule has 0 saturated heterocycles. The van der Waals surface area contributed by atoms with Crippen molar-refractivity contribution in [2.75, 3.05) is 13.1 Å². The monoisotopic (exact) mass is 158 g/mol. The highest BCUT2D eigenvalue weighted by Gasteiger charge is 2.04. The fraction of sp³-hybridized carbons (Fsp3) is 0.875. The maximum atomic E-state index is 10.5. The third-order valence-corrected chi connectivity index (χ3v) is 1.79. The second-order valence-electron chi connectivity index (χ2n) is 2.79. The first-order valence-corrected chi connectivity index (χ1v) is 4.15. The minimum atomic E-state index is 0.0421. The Balaban J connectivity index is 3.43. The highest BCUT2D eigenvalue weighted by atomic mass is 16.1. The second-order valence-corrected chi connectivity index (χ2v) is 2.79. The average molecular weight is 158 g/mol. The molecule has 0 aliphatic rings. The van der Waals surface area contributed by atoms with E-state index in [-0.39, 0.29) is 5.91 Å². The standard InChI is InChI=1S/C8H18N2O/c1-3-8(4-5-9)6-10-7(2)11/h8H,3-6,9H2,1-2H3,(H,10,11). The average Bonchev–Trinajstić information content (AvgIpc) is 1.97. The van der Waals surface area contributed by atoms with Gasteiger partial charge >= 0.3 is 0 Å². The van der Waals surface area contributed by atoms with Crippen LogP contribution in [0.2, 0.25) is 0 Å². The van der Waals surface area contributed by atoms with Gasteiger partial charge in [-0.05, 0) is 18.9 Å². The maximum Gasteiger partial charge on any atom is 0.216 e. The maximum absolute atomic E-state index is 10.5. The Bertz CT molecular complexity index is 115. The predicted octanol–water partition coefficient (Wildman–Crippen LogP) is 0.497. The van der Waals surface area contributed by atoms with E-state index in [0.29, 0.717) is 12.5 Å². The molecule has 1 unspecified atom stereocenters. The molecule has 1 amide bonds. The van der Waals surface area contributed by atoms with E-state index in [4.69, 9.17) is 5.73 Å². The summed E-state index contributed by atoms with van der Waals surface area (Å²) in [5, 5.41) is 2.79. The van der Waals surface area contributed by atoms with E-state index >= 15 is 0 Å². The molecular formula is C8H18N2O. The highest BCUT2D eigenvalue weighted by Crippen LogP contribution is 2.04. The summed E-state index contributed by atoms with van der Waals surface area (Å²) in [6.07, 6.45) is 2.08. The van der Waals surface area contributed by atoms with Gasteiger partial charge in [0, 0.05) is 13.5 Å². The van der Waals surface area contributed by atoms with Gasteiger partial charge in [0.1, 0.15) is 0 Å². The molecule has 3 heteroatoms. The van der Waals surface area contributed by atoms with Gasteiger partial charge in [-0.1, -0.05) is 13.3 Å². The van der Waals surface area contributed by atoms with E-state index in [2.05, 4.69) is 12.2 Å². The van der Waals surface area contributed by atoms with E-state index in [1.54, 1.807) is 0 Å². The highest BCUT2D eigenvalue weighted by molar-refractivity contribution is 5.72. The zero-order valence-corrected chi connectivity index (χ0v) is 7.39. The molecule has 3 N–H and O–H groups in total. The van der Waals surface area contributed by atoms with Crippen molar-refractivity contribution in [2.45, 2.75) is 26.7 Å². The number of amides is 1. The van der Waals surface area contributed by atoms with Gasteiger partial charge in [0.15, 0.2) is 0 Å². The summed E-state index contributed by atoms with van der Waals surface area (Å²) >= 11 is 0. The fourth-order valence-electron chi connectivity index (χ4n) is 0.974. The van der Waals surface area contributed by atoms with E-state index in [0.717, 1.165) is 19.4 Å². The van der Waals surface area contributed by atoms with E-state index < -0.39 is 0 Å². The molecule has 0 fully saturated rings. The zero-order chi connectivity index (χ0) is 8.69. The zero-order valence-electron chi connectivity index (χ0n) is 7.39. The number of hydrogen-bond acceptors (Lipinski definition) is 2. The first-order chi connectivity index (χ1) is 5.20. The minimum Gasteiger partial charge on any atom is -0.356 e. The molecule has 0 radical (unpaired) electrons. The summed E-state index contributed by atoms with van der Waals surface area (Å²) in [7, 11) is 0. The molecule has 0 aromatic rings. The Labute approximate surface area is 68.3 Å². The van der Waals surface area contributed by atoms with Crippen LogP contribution in [0.5, 0.6) is 0 Å². The van der Waals surface area contributed by atoms with Gasteiger partial charge in [0.05, 0.1) is 0 Å². The number of rotatable bonds is 5. The second kappa shape index (κ2) is 6.16. The molecule has 0 aliphatic heterocycles. The molecule has 0 aromatic carbocycles.